The molecule has 1 heterocycles. The van der Waals surface area contributed by atoms with Gasteiger partial charge in [0, 0.05) is 37.1 Å². The van der Waals surface area contributed by atoms with Crippen molar-refractivity contribution in [3.8, 4) is 11.5 Å². The molecule has 3 rings (SSSR count). The lowest BCUT2D eigenvalue weighted by Crippen LogP contribution is -2.32. The maximum Gasteiger partial charge on any atom is 0.254 e. The molecule has 0 radical (unpaired) electrons. The molecular weight excluding hydrogens is 526 g/mol. The Bertz CT molecular complexity index is 1350. The van der Waals surface area contributed by atoms with Crippen molar-refractivity contribution in [1.29, 1.82) is 0 Å². The summed E-state index contributed by atoms with van der Waals surface area (Å²) >= 11 is 1.22. The van der Waals surface area contributed by atoms with E-state index < -0.39 is 21.6 Å². The monoisotopic (exact) mass is 559 g/mol. The molecule has 204 valence electrons. The smallest absolute Gasteiger partial charge is 0.254 e. The lowest BCUT2D eigenvalue weighted by Gasteiger charge is -2.23. The molecule has 11 heteroatoms. The normalized spacial score (nSPS) is 11.4. The third-order valence-corrected chi connectivity index (χ3v) is 8.63. The Kier molecular flexibility index (Phi) is 10.0. The van der Waals surface area contributed by atoms with Gasteiger partial charge in [-0.3, -0.25) is 9.59 Å². The molecule has 0 bridgehead atoms. The molecule has 0 saturated carbocycles. The second-order valence-electron chi connectivity index (χ2n) is 8.91. The topological polar surface area (TPSA) is 106 Å². The number of nitrogens with zero attached hydrogens (tertiary/aromatic N) is 3. The zero-order chi connectivity index (χ0) is 27.9. The van der Waals surface area contributed by atoms with Gasteiger partial charge in [0.25, 0.3) is 5.91 Å². The van der Waals surface area contributed by atoms with Crippen molar-refractivity contribution in [3.63, 3.8) is 0 Å². The zero-order valence-corrected chi connectivity index (χ0v) is 23.9. The second kappa shape index (κ2) is 13.0. The van der Waals surface area contributed by atoms with E-state index in [0.717, 1.165) is 16.3 Å². The zero-order valence-electron chi connectivity index (χ0n) is 22.3. The number of carbonyl (C=O) groups is 2. The van der Waals surface area contributed by atoms with Gasteiger partial charge in [0.15, 0.2) is 5.78 Å². The second-order valence-corrected chi connectivity index (χ2v) is 12.0. The minimum Gasteiger partial charge on any atom is -0.496 e. The van der Waals surface area contributed by atoms with E-state index in [0.29, 0.717) is 35.0 Å². The number of benzene rings is 2. The van der Waals surface area contributed by atoms with Gasteiger partial charge >= 0.3 is 0 Å². The number of aryl methyl sites for hydroxylation is 1. The van der Waals surface area contributed by atoms with Gasteiger partial charge in [-0.1, -0.05) is 30.3 Å². The summed E-state index contributed by atoms with van der Waals surface area (Å²) in [6, 6.07) is 13.4. The van der Waals surface area contributed by atoms with Crippen LogP contribution in [0.25, 0.3) is 0 Å². The summed E-state index contributed by atoms with van der Waals surface area (Å²) in [6.45, 7) is 2.47. The van der Waals surface area contributed by atoms with E-state index in [1.54, 1.807) is 17.0 Å². The number of rotatable bonds is 13. The van der Waals surface area contributed by atoms with E-state index in [-0.39, 0.29) is 18.1 Å². The molecule has 0 saturated heterocycles. The van der Waals surface area contributed by atoms with Gasteiger partial charge in [-0.2, -0.15) is 0 Å². The first-order valence-corrected chi connectivity index (χ1v) is 14.5. The van der Waals surface area contributed by atoms with Crippen molar-refractivity contribution in [1.82, 2.24) is 14.2 Å². The van der Waals surface area contributed by atoms with Crippen molar-refractivity contribution >= 4 is 33.1 Å². The van der Waals surface area contributed by atoms with Crippen LogP contribution in [0.1, 0.15) is 43.4 Å². The van der Waals surface area contributed by atoms with Crippen LogP contribution < -0.4 is 9.47 Å². The molecular formula is C27H33N3O6S2. The number of ether oxygens (including phenoxy) is 2. The molecule has 0 fully saturated rings. The third-order valence-electron chi connectivity index (χ3n) is 6.06. The molecule has 2 aromatic carbocycles. The average molecular weight is 560 g/mol. The lowest BCUT2D eigenvalue weighted by atomic mass is 10.1. The fraction of sp³-hybridized carbons (Fsp3) is 0.370. The van der Waals surface area contributed by atoms with E-state index in [1.165, 1.54) is 50.6 Å². The lowest BCUT2D eigenvalue weighted by molar-refractivity contribution is 0.0740. The number of hydrogen-bond acceptors (Lipinski definition) is 8. The van der Waals surface area contributed by atoms with E-state index in [2.05, 4.69) is 4.98 Å². The molecule has 9 nitrogen and oxygen atoms in total. The van der Waals surface area contributed by atoms with Crippen molar-refractivity contribution in [2.75, 3.05) is 40.6 Å². The number of aromatic nitrogens is 1. The van der Waals surface area contributed by atoms with Crippen LogP contribution in [0.5, 0.6) is 11.5 Å². The number of sulfonamides is 1. The quantitative estimate of drug-likeness (QED) is 0.293. The number of methoxy groups -OCH3 is 2. The Balaban J connectivity index is 1.84. The minimum atomic E-state index is -3.70. The molecule has 38 heavy (non-hydrogen) atoms. The Morgan fingerprint density at radius 3 is 2.24 bits per heavy atom. The maximum atomic E-state index is 13.7. The van der Waals surface area contributed by atoms with Crippen LogP contribution in [0.2, 0.25) is 0 Å². The Morgan fingerprint density at radius 2 is 1.66 bits per heavy atom. The average Bonchev–Trinajstić information content (AvgIpc) is 3.37. The molecule has 1 aromatic heterocycles. The van der Waals surface area contributed by atoms with Crippen LogP contribution in [0.3, 0.4) is 0 Å². The standard InChI is InChI=1S/C27H33N3O6S2/c1-19-24(35-4)14-21(15-25(19)36-5)27(32)30(13-9-12-20-10-7-6-8-11-20)16-26-28-22(17-37-26)23(31)18-38(33,34)29(2)3/h6-8,10-11,14-15,17H,9,12-13,16,18H2,1-5H3. The van der Waals surface area contributed by atoms with Crippen LogP contribution in [0, 0.1) is 6.92 Å². The van der Waals surface area contributed by atoms with Gasteiger partial charge in [0.2, 0.25) is 10.0 Å². The first-order valence-electron chi connectivity index (χ1n) is 12.0. The van der Waals surface area contributed by atoms with Crippen LogP contribution in [-0.4, -0.2) is 74.9 Å². The number of hydrogen-bond donors (Lipinski definition) is 0. The Morgan fingerprint density at radius 1 is 1.03 bits per heavy atom. The molecule has 0 atom stereocenters. The number of carbonyl (C=O) groups excluding carboxylic acids is 2. The van der Waals surface area contributed by atoms with Gasteiger partial charge in [-0.25, -0.2) is 17.7 Å². The molecule has 0 aliphatic carbocycles. The summed E-state index contributed by atoms with van der Waals surface area (Å²) in [5, 5.41) is 2.07. The Labute approximate surface area is 228 Å². The molecule has 0 aliphatic heterocycles. The fourth-order valence-corrected chi connectivity index (χ4v) is 5.36. The van der Waals surface area contributed by atoms with Crippen LogP contribution in [0.4, 0.5) is 0 Å². The SMILES string of the molecule is COc1cc(C(=O)N(CCCc2ccccc2)Cc2nc(C(=O)CS(=O)(=O)N(C)C)cs2)cc(OC)c1C. The van der Waals surface area contributed by atoms with E-state index in [1.807, 2.05) is 37.3 Å². The van der Waals surface area contributed by atoms with Crippen molar-refractivity contribution < 1.29 is 27.5 Å². The summed E-state index contributed by atoms with van der Waals surface area (Å²) < 4.78 is 36.1. The van der Waals surface area contributed by atoms with Gasteiger partial charge in [0.05, 0.1) is 20.8 Å². The highest BCUT2D eigenvalue weighted by Crippen LogP contribution is 2.30. The van der Waals surface area contributed by atoms with Crippen LogP contribution in [-0.2, 0) is 23.0 Å². The summed E-state index contributed by atoms with van der Waals surface area (Å²) in [5.74, 6) is -0.391. The highest BCUT2D eigenvalue weighted by molar-refractivity contribution is 7.89. The molecule has 0 spiro atoms. The summed E-state index contributed by atoms with van der Waals surface area (Å²) in [4.78, 5) is 32.3. The van der Waals surface area contributed by atoms with Gasteiger partial charge in [-0.05, 0) is 37.5 Å². The van der Waals surface area contributed by atoms with E-state index in [4.69, 9.17) is 9.47 Å². The summed E-state index contributed by atoms with van der Waals surface area (Å²) in [5.41, 5.74) is 2.44. The van der Waals surface area contributed by atoms with E-state index >= 15 is 0 Å². The molecule has 3 aromatic rings. The predicted molar refractivity (Wildman–Crippen MR) is 148 cm³/mol. The predicted octanol–water partition coefficient (Wildman–Crippen LogP) is 3.82. The maximum absolute atomic E-state index is 13.7. The fourth-order valence-electron chi connectivity index (χ4n) is 3.81. The Hall–Kier alpha value is -3.28. The molecule has 0 unspecified atom stereocenters. The molecule has 1 amide bonds. The number of thiazole rings is 1. The van der Waals surface area contributed by atoms with Gasteiger partial charge in [-0.15, -0.1) is 11.3 Å². The largest absolute Gasteiger partial charge is 0.496 e. The van der Waals surface area contributed by atoms with Crippen LogP contribution in [0.15, 0.2) is 47.8 Å². The summed E-state index contributed by atoms with van der Waals surface area (Å²) in [7, 11) is 2.13. The van der Waals surface area contributed by atoms with Crippen molar-refractivity contribution in [3.05, 3.63) is 75.2 Å². The minimum absolute atomic E-state index is 0.0748. The van der Waals surface area contributed by atoms with Gasteiger partial charge < -0.3 is 14.4 Å². The first kappa shape index (κ1) is 29.3. The van der Waals surface area contributed by atoms with E-state index in [9.17, 15) is 18.0 Å². The number of Topliss-reactive ketones (excluding diaryl/α,β-unsaturated/α-hetero) is 1. The first-order chi connectivity index (χ1) is 18.1. The van der Waals surface area contributed by atoms with Crippen molar-refractivity contribution in [2.24, 2.45) is 0 Å². The third kappa shape index (κ3) is 7.40. The molecule has 0 N–H and O–H groups in total. The highest BCUT2D eigenvalue weighted by Gasteiger charge is 2.24. The van der Waals surface area contributed by atoms with Crippen LogP contribution >= 0.6 is 11.3 Å². The van der Waals surface area contributed by atoms with Gasteiger partial charge in [0.1, 0.15) is 28.0 Å². The van der Waals surface area contributed by atoms with Crippen molar-refractivity contribution in [2.45, 2.75) is 26.3 Å². The molecule has 0 aliphatic rings. The number of amides is 1. The summed E-state index contributed by atoms with van der Waals surface area (Å²) in [6.07, 6.45) is 1.50. The highest BCUT2D eigenvalue weighted by atomic mass is 32.2. The number of ketones is 1.